The molecule has 2 aromatic rings. The second-order valence-corrected chi connectivity index (χ2v) is 6.99. The van der Waals surface area contributed by atoms with Crippen LogP contribution < -0.4 is 5.56 Å². The van der Waals surface area contributed by atoms with Crippen LogP contribution in [0.4, 0.5) is 0 Å². The van der Waals surface area contributed by atoms with Crippen molar-refractivity contribution in [2.75, 3.05) is 33.7 Å². The minimum atomic E-state index is -0.111. The molecule has 3 rings (SSSR count). The molecule has 0 bridgehead atoms. The molecule has 0 atom stereocenters. The first-order valence-electron chi connectivity index (χ1n) is 8.58. The van der Waals surface area contributed by atoms with Gasteiger partial charge in [0.25, 0.3) is 11.5 Å². The lowest BCUT2D eigenvalue weighted by molar-refractivity contribution is 0.0781. The van der Waals surface area contributed by atoms with Crippen molar-refractivity contribution in [1.82, 2.24) is 19.4 Å². The molecule has 130 valence electrons. The Morgan fingerprint density at radius 1 is 1.33 bits per heavy atom. The van der Waals surface area contributed by atoms with Crippen molar-refractivity contribution in [3.63, 3.8) is 0 Å². The zero-order chi connectivity index (χ0) is 17.3. The zero-order valence-electron chi connectivity index (χ0n) is 14.7. The maximum Gasteiger partial charge on any atom is 0.274 e. The molecular weight excluding hydrogens is 304 g/mol. The summed E-state index contributed by atoms with van der Waals surface area (Å²) in [5, 5.41) is 0.703. The molecule has 24 heavy (non-hydrogen) atoms. The van der Waals surface area contributed by atoms with E-state index in [4.69, 9.17) is 0 Å². The Labute approximate surface area is 142 Å². The number of amides is 1. The van der Waals surface area contributed by atoms with E-state index >= 15 is 0 Å². The number of rotatable bonds is 4. The molecule has 0 spiro atoms. The van der Waals surface area contributed by atoms with Gasteiger partial charge in [-0.15, -0.1) is 0 Å². The summed E-state index contributed by atoms with van der Waals surface area (Å²) in [5.74, 6) is 0.673. The number of likely N-dealkylation sites (tertiary alicyclic amines) is 1. The van der Waals surface area contributed by atoms with E-state index in [0.717, 1.165) is 26.1 Å². The number of aromatic amines is 1. The highest BCUT2D eigenvalue weighted by molar-refractivity contribution is 6.05. The molecule has 0 saturated carbocycles. The van der Waals surface area contributed by atoms with Gasteiger partial charge < -0.3 is 19.4 Å². The number of H-pyrrole nitrogens is 1. The van der Waals surface area contributed by atoms with Crippen LogP contribution in [0.1, 0.15) is 29.6 Å². The number of aromatic nitrogens is 2. The van der Waals surface area contributed by atoms with Gasteiger partial charge in [-0.2, -0.15) is 0 Å². The van der Waals surface area contributed by atoms with Gasteiger partial charge in [-0.25, -0.2) is 0 Å². The Kier molecular flexibility index (Phi) is 4.76. The molecule has 6 nitrogen and oxygen atoms in total. The summed E-state index contributed by atoms with van der Waals surface area (Å²) in [6.07, 6.45) is 6.81. The fourth-order valence-corrected chi connectivity index (χ4v) is 3.47. The van der Waals surface area contributed by atoms with E-state index in [-0.39, 0.29) is 11.5 Å². The molecule has 1 aliphatic rings. The summed E-state index contributed by atoms with van der Waals surface area (Å²) in [6, 6.07) is 1.80. The van der Waals surface area contributed by atoms with Crippen molar-refractivity contribution >= 4 is 16.8 Å². The summed E-state index contributed by atoms with van der Waals surface area (Å²) in [5.41, 5.74) is 0.965. The maximum absolute atomic E-state index is 12.8. The number of pyridine rings is 1. The summed E-state index contributed by atoms with van der Waals surface area (Å²) < 4.78 is 1.47. The van der Waals surface area contributed by atoms with E-state index in [1.165, 1.54) is 17.4 Å². The van der Waals surface area contributed by atoms with E-state index in [1.54, 1.807) is 30.4 Å². The van der Waals surface area contributed by atoms with Crippen molar-refractivity contribution in [1.29, 1.82) is 0 Å². The number of aryl methyl sites for hydroxylation is 1. The third-order valence-electron chi connectivity index (χ3n) is 5.18. The first-order valence-corrected chi connectivity index (χ1v) is 8.58. The number of carbonyl (C=O) groups is 1. The standard InChI is InChI=1S/C18H26N4O2/c1-20-9-5-13(6-10-20)7-11-21(2)17(23)15-12-22(3)18(24)16-14(15)4-8-19-16/h4,8,12-13,19H,5-7,9-11H2,1-3H3. The summed E-state index contributed by atoms with van der Waals surface area (Å²) >= 11 is 0. The minimum Gasteiger partial charge on any atom is -0.357 e. The smallest absolute Gasteiger partial charge is 0.274 e. The number of nitrogens with zero attached hydrogens (tertiary/aromatic N) is 3. The number of nitrogens with one attached hydrogen (secondary N) is 1. The number of carbonyl (C=O) groups excluding carboxylic acids is 1. The van der Waals surface area contributed by atoms with Crippen molar-refractivity contribution < 1.29 is 4.79 Å². The second kappa shape index (κ2) is 6.81. The lowest BCUT2D eigenvalue weighted by Gasteiger charge is -2.30. The number of fused-ring (bicyclic) bond motifs is 1. The highest BCUT2D eigenvalue weighted by Crippen LogP contribution is 2.21. The highest BCUT2D eigenvalue weighted by atomic mass is 16.2. The zero-order valence-corrected chi connectivity index (χ0v) is 14.7. The van der Waals surface area contributed by atoms with Gasteiger partial charge in [-0.05, 0) is 51.4 Å². The van der Waals surface area contributed by atoms with Gasteiger partial charge in [0.15, 0.2) is 0 Å². The molecule has 3 heterocycles. The van der Waals surface area contributed by atoms with Crippen LogP contribution in [0.3, 0.4) is 0 Å². The average Bonchev–Trinajstić information content (AvgIpc) is 3.06. The van der Waals surface area contributed by atoms with Gasteiger partial charge in [-0.3, -0.25) is 9.59 Å². The quantitative estimate of drug-likeness (QED) is 0.928. The Morgan fingerprint density at radius 3 is 2.75 bits per heavy atom. The van der Waals surface area contributed by atoms with E-state index in [1.807, 2.05) is 7.05 Å². The van der Waals surface area contributed by atoms with Gasteiger partial charge in [0.05, 0.1) is 5.56 Å². The Balaban J connectivity index is 1.71. The Hall–Kier alpha value is -2.08. The predicted octanol–water partition coefficient (Wildman–Crippen LogP) is 1.67. The largest absolute Gasteiger partial charge is 0.357 e. The van der Waals surface area contributed by atoms with Crippen molar-refractivity contribution in [2.45, 2.75) is 19.3 Å². The molecule has 0 aliphatic carbocycles. The molecule has 1 amide bonds. The average molecular weight is 330 g/mol. The molecule has 0 unspecified atom stereocenters. The van der Waals surface area contributed by atoms with Crippen molar-refractivity contribution in [3.8, 4) is 0 Å². The van der Waals surface area contributed by atoms with Crippen LogP contribution in [-0.4, -0.2) is 59.0 Å². The highest BCUT2D eigenvalue weighted by Gasteiger charge is 2.21. The van der Waals surface area contributed by atoms with Crippen LogP contribution in [-0.2, 0) is 7.05 Å². The molecule has 1 fully saturated rings. The summed E-state index contributed by atoms with van der Waals surface area (Å²) in [4.78, 5) is 32.0. The molecule has 1 saturated heterocycles. The lowest BCUT2D eigenvalue weighted by Crippen LogP contribution is -2.34. The monoisotopic (exact) mass is 330 g/mol. The molecule has 1 N–H and O–H groups in total. The first kappa shape index (κ1) is 16.8. The number of hydrogen-bond acceptors (Lipinski definition) is 3. The minimum absolute atomic E-state index is 0.0249. The van der Waals surface area contributed by atoms with Crippen molar-refractivity contribution in [3.05, 3.63) is 34.4 Å². The van der Waals surface area contributed by atoms with Gasteiger partial charge >= 0.3 is 0 Å². The number of hydrogen-bond donors (Lipinski definition) is 1. The SMILES string of the molecule is CN1CCC(CCN(C)C(=O)c2cn(C)c(=O)c3[nH]ccc23)CC1. The Morgan fingerprint density at radius 2 is 2.04 bits per heavy atom. The Bertz CT molecular complexity index is 784. The summed E-state index contributed by atoms with van der Waals surface area (Å²) in [7, 11) is 5.69. The van der Waals surface area contributed by atoms with Crippen LogP contribution in [0.15, 0.2) is 23.3 Å². The summed E-state index contributed by atoms with van der Waals surface area (Å²) in [6.45, 7) is 3.04. The second-order valence-electron chi connectivity index (χ2n) is 6.99. The molecule has 0 aromatic carbocycles. The van der Waals surface area contributed by atoms with E-state index in [0.29, 0.717) is 22.4 Å². The maximum atomic E-state index is 12.8. The molecule has 1 aliphatic heterocycles. The normalized spacial score (nSPS) is 16.6. The van der Waals surface area contributed by atoms with Gasteiger partial charge in [-0.1, -0.05) is 0 Å². The van der Waals surface area contributed by atoms with Crippen LogP contribution in [0.5, 0.6) is 0 Å². The molecular formula is C18H26N4O2. The number of piperidine rings is 1. The molecule has 2 aromatic heterocycles. The van der Waals surface area contributed by atoms with Crippen LogP contribution in [0.2, 0.25) is 0 Å². The van der Waals surface area contributed by atoms with Gasteiger partial charge in [0.2, 0.25) is 0 Å². The first-order chi connectivity index (χ1) is 11.5. The van der Waals surface area contributed by atoms with E-state index in [9.17, 15) is 9.59 Å². The fourth-order valence-electron chi connectivity index (χ4n) is 3.47. The van der Waals surface area contributed by atoms with Crippen LogP contribution >= 0.6 is 0 Å². The van der Waals surface area contributed by atoms with Crippen LogP contribution in [0.25, 0.3) is 10.9 Å². The van der Waals surface area contributed by atoms with E-state index in [2.05, 4.69) is 16.9 Å². The third-order valence-corrected chi connectivity index (χ3v) is 5.18. The predicted molar refractivity (Wildman–Crippen MR) is 95.3 cm³/mol. The molecule has 0 radical (unpaired) electrons. The van der Waals surface area contributed by atoms with Gasteiger partial charge in [0.1, 0.15) is 5.52 Å². The van der Waals surface area contributed by atoms with Gasteiger partial charge in [0, 0.05) is 38.4 Å². The third kappa shape index (κ3) is 3.24. The topological polar surface area (TPSA) is 61.3 Å². The van der Waals surface area contributed by atoms with Crippen LogP contribution in [0, 0.1) is 5.92 Å². The van der Waals surface area contributed by atoms with Crippen molar-refractivity contribution in [2.24, 2.45) is 13.0 Å². The lowest BCUT2D eigenvalue weighted by atomic mass is 9.93. The van der Waals surface area contributed by atoms with E-state index < -0.39 is 0 Å². The fraction of sp³-hybridized carbons (Fsp3) is 0.556. The molecule has 6 heteroatoms.